The van der Waals surface area contributed by atoms with Crippen LogP contribution in [0.25, 0.3) is 0 Å². The molecule has 0 amide bonds. The highest BCUT2D eigenvalue weighted by Crippen LogP contribution is 2.23. The lowest BCUT2D eigenvalue weighted by Crippen LogP contribution is -2.30. The largest absolute Gasteiger partial charge is 0.450 e. The molecule has 1 aromatic carbocycles. The maximum Gasteiger partial charge on any atom is 0.425 e. The van der Waals surface area contributed by atoms with Crippen LogP contribution in [0.4, 0.5) is 13.2 Å². The smallest absolute Gasteiger partial charge is 0.425 e. The molecule has 4 nitrogen and oxygen atoms in total. The van der Waals surface area contributed by atoms with Crippen LogP contribution in [-0.2, 0) is 14.3 Å². The van der Waals surface area contributed by atoms with Gasteiger partial charge in [-0.05, 0) is 37.6 Å². The van der Waals surface area contributed by atoms with E-state index in [2.05, 4.69) is 4.74 Å². The molecule has 0 aromatic heterocycles. The second-order valence-corrected chi connectivity index (χ2v) is 4.72. The summed E-state index contributed by atoms with van der Waals surface area (Å²) in [4.78, 5) is 22.6. The van der Waals surface area contributed by atoms with Gasteiger partial charge >= 0.3 is 18.1 Å². The molecule has 0 bridgehead atoms. The second kappa shape index (κ2) is 7.31. The molecule has 0 aliphatic heterocycles. The molecule has 0 saturated heterocycles. The van der Waals surface area contributed by atoms with E-state index in [-0.39, 0.29) is 5.75 Å². The molecule has 1 unspecified atom stereocenters. The van der Waals surface area contributed by atoms with E-state index < -0.39 is 24.2 Å². The van der Waals surface area contributed by atoms with E-state index in [1.54, 1.807) is 13.0 Å². The summed E-state index contributed by atoms with van der Waals surface area (Å²) in [6, 6.07) is 4.51. The van der Waals surface area contributed by atoms with Crippen molar-refractivity contribution >= 4 is 23.5 Å². The van der Waals surface area contributed by atoms with Crippen LogP contribution < -0.4 is 4.74 Å². The van der Waals surface area contributed by atoms with Crippen LogP contribution in [0, 0.1) is 6.92 Å². The average molecular weight is 337 g/mol. The number of carbonyl (C=O) groups is 2. The molecule has 0 N–H and O–H groups in total. The number of aryl methyl sites for hydroxylation is 1. The lowest BCUT2D eigenvalue weighted by molar-refractivity contribution is -0.213. The highest BCUT2D eigenvalue weighted by molar-refractivity contribution is 6.30. The van der Waals surface area contributed by atoms with Gasteiger partial charge in [-0.3, -0.25) is 0 Å². The van der Waals surface area contributed by atoms with Crippen molar-refractivity contribution in [2.45, 2.75) is 26.1 Å². The molecule has 0 fully saturated rings. The quantitative estimate of drug-likeness (QED) is 0.479. The van der Waals surface area contributed by atoms with Crippen LogP contribution in [-0.4, -0.2) is 24.2 Å². The zero-order chi connectivity index (χ0) is 16.9. The predicted molar refractivity (Wildman–Crippen MR) is 72.6 cm³/mol. The van der Waals surface area contributed by atoms with Gasteiger partial charge in [-0.2, -0.15) is 13.2 Å². The molecule has 120 valence electrons. The highest BCUT2D eigenvalue weighted by atomic mass is 35.5. The Balaban J connectivity index is 2.59. The van der Waals surface area contributed by atoms with Crippen LogP contribution >= 0.6 is 11.6 Å². The first-order valence-corrected chi connectivity index (χ1v) is 6.40. The molecule has 0 radical (unpaired) electrons. The third-order valence-electron chi connectivity index (χ3n) is 2.46. The standard InChI is InChI=1S/C14H12ClF3O4/c1-8-7-10(15)3-4-11(8)22-13(20)6-5-12(19)21-9(2)14(16,17)18/h3-7,9H,1-2H3/b6-5+. The summed E-state index contributed by atoms with van der Waals surface area (Å²) in [6.45, 7) is 2.33. The number of alkyl halides is 3. The fraction of sp³-hybridized carbons (Fsp3) is 0.286. The molecule has 8 heteroatoms. The number of hydrogen-bond donors (Lipinski definition) is 0. The third kappa shape index (κ3) is 5.77. The normalized spacial score (nSPS) is 13.0. The summed E-state index contributed by atoms with van der Waals surface area (Å²) >= 11 is 5.73. The summed E-state index contributed by atoms with van der Waals surface area (Å²) in [5.74, 6) is -2.01. The molecular weight excluding hydrogens is 325 g/mol. The first kappa shape index (κ1) is 18.0. The minimum Gasteiger partial charge on any atom is -0.450 e. The zero-order valence-electron chi connectivity index (χ0n) is 11.6. The predicted octanol–water partition coefficient (Wildman–Crippen LogP) is 3.60. The van der Waals surface area contributed by atoms with Gasteiger partial charge in [0.1, 0.15) is 5.75 Å². The van der Waals surface area contributed by atoms with E-state index in [9.17, 15) is 22.8 Å². The number of carbonyl (C=O) groups excluding carboxylic acids is 2. The van der Waals surface area contributed by atoms with Gasteiger partial charge in [-0.15, -0.1) is 0 Å². The second-order valence-electron chi connectivity index (χ2n) is 4.28. The molecule has 1 rings (SSSR count). The average Bonchev–Trinajstić information content (AvgIpc) is 2.38. The minimum atomic E-state index is -4.66. The van der Waals surface area contributed by atoms with Crippen molar-refractivity contribution in [3.8, 4) is 5.75 Å². The Kier molecular flexibility index (Phi) is 5.99. The summed E-state index contributed by atoms with van der Waals surface area (Å²) in [6.07, 6.45) is -5.68. The first-order valence-electron chi connectivity index (χ1n) is 6.03. The minimum absolute atomic E-state index is 0.219. The summed E-state index contributed by atoms with van der Waals surface area (Å²) < 4.78 is 45.5. The van der Waals surface area contributed by atoms with E-state index in [4.69, 9.17) is 16.3 Å². The van der Waals surface area contributed by atoms with Crippen LogP contribution in [0.3, 0.4) is 0 Å². The lowest BCUT2D eigenvalue weighted by atomic mass is 10.2. The van der Waals surface area contributed by atoms with Crippen molar-refractivity contribution in [1.82, 2.24) is 0 Å². The number of halogens is 4. The summed E-state index contributed by atoms with van der Waals surface area (Å²) in [7, 11) is 0. The zero-order valence-corrected chi connectivity index (χ0v) is 12.4. The number of ether oxygens (including phenoxy) is 2. The molecule has 0 saturated carbocycles. The van der Waals surface area contributed by atoms with Gasteiger partial charge in [0.05, 0.1) is 0 Å². The molecule has 0 spiro atoms. The Morgan fingerprint density at radius 2 is 1.82 bits per heavy atom. The van der Waals surface area contributed by atoms with Crippen molar-refractivity contribution in [3.63, 3.8) is 0 Å². The number of hydrogen-bond acceptors (Lipinski definition) is 4. The van der Waals surface area contributed by atoms with Crippen LogP contribution in [0.1, 0.15) is 12.5 Å². The SMILES string of the molecule is Cc1cc(Cl)ccc1OC(=O)/C=C/C(=O)OC(C)C(F)(F)F. The Labute approximate surface area is 129 Å². The molecule has 0 aliphatic carbocycles. The third-order valence-corrected chi connectivity index (χ3v) is 2.69. The lowest BCUT2D eigenvalue weighted by Gasteiger charge is -2.14. The first-order chi connectivity index (χ1) is 10.1. The van der Waals surface area contributed by atoms with E-state index in [1.165, 1.54) is 12.1 Å². The number of benzene rings is 1. The van der Waals surface area contributed by atoms with Gasteiger partial charge in [0, 0.05) is 17.2 Å². The highest BCUT2D eigenvalue weighted by Gasteiger charge is 2.38. The molecular formula is C14H12ClF3O4. The van der Waals surface area contributed by atoms with Gasteiger partial charge in [0.15, 0.2) is 6.10 Å². The van der Waals surface area contributed by atoms with Crippen molar-refractivity contribution in [3.05, 3.63) is 40.9 Å². The molecule has 0 aliphatic rings. The van der Waals surface area contributed by atoms with Crippen LogP contribution in [0.5, 0.6) is 5.75 Å². The molecule has 1 atom stereocenters. The fourth-order valence-corrected chi connectivity index (χ4v) is 1.51. The van der Waals surface area contributed by atoms with Gasteiger partial charge < -0.3 is 9.47 Å². The summed E-state index contributed by atoms with van der Waals surface area (Å²) in [5, 5.41) is 0.456. The Bertz CT molecular complexity index is 596. The van der Waals surface area contributed by atoms with Crippen molar-refractivity contribution < 1.29 is 32.2 Å². The van der Waals surface area contributed by atoms with E-state index in [0.29, 0.717) is 29.7 Å². The van der Waals surface area contributed by atoms with E-state index >= 15 is 0 Å². The Morgan fingerprint density at radius 3 is 2.36 bits per heavy atom. The summed E-state index contributed by atoms with van der Waals surface area (Å²) in [5.41, 5.74) is 0.586. The maximum atomic E-state index is 12.2. The van der Waals surface area contributed by atoms with Crippen LogP contribution in [0.2, 0.25) is 5.02 Å². The van der Waals surface area contributed by atoms with E-state index in [1.807, 2.05) is 0 Å². The number of esters is 2. The Hall–Kier alpha value is -2.02. The van der Waals surface area contributed by atoms with Gasteiger partial charge in [0.25, 0.3) is 0 Å². The van der Waals surface area contributed by atoms with Crippen molar-refractivity contribution in [1.29, 1.82) is 0 Å². The maximum absolute atomic E-state index is 12.2. The molecule has 22 heavy (non-hydrogen) atoms. The monoisotopic (exact) mass is 336 g/mol. The Morgan fingerprint density at radius 1 is 1.23 bits per heavy atom. The van der Waals surface area contributed by atoms with E-state index in [0.717, 1.165) is 0 Å². The topological polar surface area (TPSA) is 52.6 Å². The molecule has 1 aromatic rings. The van der Waals surface area contributed by atoms with Crippen molar-refractivity contribution in [2.75, 3.05) is 0 Å². The van der Waals surface area contributed by atoms with Crippen LogP contribution in [0.15, 0.2) is 30.4 Å². The van der Waals surface area contributed by atoms with Gasteiger partial charge in [-0.25, -0.2) is 9.59 Å². The van der Waals surface area contributed by atoms with Gasteiger partial charge in [0.2, 0.25) is 0 Å². The fourth-order valence-electron chi connectivity index (χ4n) is 1.29. The van der Waals surface area contributed by atoms with Crippen molar-refractivity contribution in [2.24, 2.45) is 0 Å². The molecule has 0 heterocycles. The number of rotatable bonds is 4. The van der Waals surface area contributed by atoms with Gasteiger partial charge in [-0.1, -0.05) is 11.6 Å².